The third kappa shape index (κ3) is 4.35. The summed E-state index contributed by atoms with van der Waals surface area (Å²) >= 11 is 0. The average Bonchev–Trinajstić information content (AvgIpc) is 2.53. The Morgan fingerprint density at radius 1 is 1.05 bits per heavy atom. The van der Waals surface area contributed by atoms with Gasteiger partial charge in [0.05, 0.1) is 13.5 Å². The number of carbonyl (C=O) groups is 1. The van der Waals surface area contributed by atoms with Crippen molar-refractivity contribution in [2.24, 2.45) is 0 Å². The van der Waals surface area contributed by atoms with E-state index in [2.05, 4.69) is 0 Å². The van der Waals surface area contributed by atoms with Crippen molar-refractivity contribution in [1.29, 1.82) is 0 Å². The molecule has 0 aromatic heterocycles. The van der Waals surface area contributed by atoms with E-state index in [-0.39, 0.29) is 11.9 Å². The molecule has 0 N–H and O–H groups in total. The van der Waals surface area contributed by atoms with Crippen molar-refractivity contribution < 1.29 is 9.53 Å². The highest BCUT2D eigenvalue weighted by atomic mass is 16.5. The summed E-state index contributed by atoms with van der Waals surface area (Å²) in [5, 5.41) is 0. The molecule has 0 aliphatic carbocycles. The van der Waals surface area contributed by atoms with Crippen LogP contribution >= 0.6 is 0 Å². The molecular formula is C19H23NO2. The van der Waals surface area contributed by atoms with Gasteiger partial charge in [-0.25, -0.2) is 0 Å². The molecule has 0 saturated heterocycles. The number of methoxy groups -OCH3 is 1. The van der Waals surface area contributed by atoms with Crippen LogP contribution in [0.4, 0.5) is 0 Å². The molecule has 22 heavy (non-hydrogen) atoms. The molecule has 1 amide bonds. The van der Waals surface area contributed by atoms with Crippen molar-refractivity contribution in [2.75, 3.05) is 7.11 Å². The summed E-state index contributed by atoms with van der Waals surface area (Å²) in [4.78, 5) is 14.6. The Labute approximate surface area is 132 Å². The largest absolute Gasteiger partial charge is 0.497 e. The van der Waals surface area contributed by atoms with E-state index in [0.717, 1.165) is 16.9 Å². The Kier molecular flexibility index (Phi) is 5.59. The van der Waals surface area contributed by atoms with Gasteiger partial charge in [0.1, 0.15) is 5.75 Å². The molecule has 2 rings (SSSR count). The standard InChI is InChI=1S/C19H23NO2/c1-15(2)20(14-16-8-5-4-6-9-16)19(21)13-17-10-7-11-18(12-17)22-3/h4-12,15H,13-14H2,1-3H3. The fourth-order valence-corrected chi connectivity index (χ4v) is 2.40. The van der Waals surface area contributed by atoms with Crippen LogP contribution in [0, 0.1) is 0 Å². The lowest BCUT2D eigenvalue weighted by Gasteiger charge is -2.27. The second-order valence-electron chi connectivity index (χ2n) is 5.63. The molecule has 0 aliphatic heterocycles. The number of hydrogen-bond acceptors (Lipinski definition) is 2. The Morgan fingerprint density at radius 3 is 2.36 bits per heavy atom. The highest BCUT2D eigenvalue weighted by molar-refractivity contribution is 5.79. The molecule has 0 heterocycles. The van der Waals surface area contributed by atoms with Crippen molar-refractivity contribution in [3.05, 3.63) is 65.7 Å². The average molecular weight is 297 g/mol. The minimum absolute atomic E-state index is 0.132. The number of hydrogen-bond donors (Lipinski definition) is 0. The summed E-state index contributed by atoms with van der Waals surface area (Å²) in [6.45, 7) is 4.74. The first kappa shape index (κ1) is 16.1. The van der Waals surface area contributed by atoms with E-state index in [4.69, 9.17) is 4.74 Å². The molecule has 3 nitrogen and oxygen atoms in total. The maximum Gasteiger partial charge on any atom is 0.227 e. The Balaban J connectivity index is 2.09. The summed E-state index contributed by atoms with van der Waals surface area (Å²) < 4.78 is 5.22. The lowest BCUT2D eigenvalue weighted by atomic mass is 10.1. The zero-order chi connectivity index (χ0) is 15.9. The maximum atomic E-state index is 12.6. The summed E-state index contributed by atoms with van der Waals surface area (Å²) in [7, 11) is 1.64. The monoisotopic (exact) mass is 297 g/mol. The topological polar surface area (TPSA) is 29.5 Å². The fourth-order valence-electron chi connectivity index (χ4n) is 2.40. The third-order valence-electron chi connectivity index (χ3n) is 3.63. The van der Waals surface area contributed by atoms with Crippen LogP contribution in [0.25, 0.3) is 0 Å². The van der Waals surface area contributed by atoms with E-state index in [1.165, 1.54) is 0 Å². The molecule has 2 aromatic carbocycles. The molecule has 0 spiro atoms. The van der Waals surface area contributed by atoms with Gasteiger partial charge in [-0.3, -0.25) is 4.79 Å². The van der Waals surface area contributed by atoms with Gasteiger partial charge in [0.2, 0.25) is 5.91 Å². The number of ether oxygens (including phenoxy) is 1. The third-order valence-corrected chi connectivity index (χ3v) is 3.63. The van der Waals surface area contributed by atoms with Crippen molar-refractivity contribution >= 4 is 5.91 Å². The molecule has 116 valence electrons. The van der Waals surface area contributed by atoms with Gasteiger partial charge in [0.25, 0.3) is 0 Å². The molecular weight excluding hydrogens is 274 g/mol. The van der Waals surface area contributed by atoms with Crippen molar-refractivity contribution in [1.82, 2.24) is 4.90 Å². The van der Waals surface area contributed by atoms with Gasteiger partial charge in [-0.1, -0.05) is 42.5 Å². The number of carbonyl (C=O) groups excluding carboxylic acids is 1. The van der Waals surface area contributed by atoms with Crippen LogP contribution in [0.3, 0.4) is 0 Å². The number of rotatable bonds is 6. The molecule has 0 radical (unpaired) electrons. The summed E-state index contributed by atoms with van der Waals surface area (Å²) in [5.74, 6) is 0.913. The van der Waals surface area contributed by atoms with Crippen LogP contribution in [-0.4, -0.2) is 24.0 Å². The summed E-state index contributed by atoms with van der Waals surface area (Å²) in [5.41, 5.74) is 2.12. The predicted molar refractivity (Wildman–Crippen MR) is 88.8 cm³/mol. The molecule has 0 aliphatic rings. The van der Waals surface area contributed by atoms with Crippen LogP contribution in [0.2, 0.25) is 0 Å². The Hall–Kier alpha value is -2.29. The van der Waals surface area contributed by atoms with E-state index >= 15 is 0 Å². The fraction of sp³-hybridized carbons (Fsp3) is 0.316. The van der Waals surface area contributed by atoms with E-state index in [1.54, 1.807) is 7.11 Å². The number of amides is 1. The van der Waals surface area contributed by atoms with Crippen molar-refractivity contribution in [3.8, 4) is 5.75 Å². The SMILES string of the molecule is COc1cccc(CC(=O)N(Cc2ccccc2)C(C)C)c1. The normalized spacial score (nSPS) is 10.5. The Morgan fingerprint density at radius 2 is 1.73 bits per heavy atom. The molecule has 2 aromatic rings. The lowest BCUT2D eigenvalue weighted by molar-refractivity contribution is -0.132. The van der Waals surface area contributed by atoms with Crippen molar-refractivity contribution in [3.63, 3.8) is 0 Å². The summed E-state index contributed by atoms with van der Waals surface area (Å²) in [6, 6.07) is 17.9. The van der Waals surface area contributed by atoms with Crippen LogP contribution in [0.1, 0.15) is 25.0 Å². The molecule has 3 heteroatoms. The van der Waals surface area contributed by atoms with Gasteiger partial charge in [0.15, 0.2) is 0 Å². The first-order valence-electron chi connectivity index (χ1n) is 7.56. The minimum Gasteiger partial charge on any atom is -0.497 e. The van der Waals surface area contributed by atoms with E-state index in [9.17, 15) is 4.79 Å². The highest BCUT2D eigenvalue weighted by Gasteiger charge is 2.17. The first-order chi connectivity index (χ1) is 10.6. The quantitative estimate of drug-likeness (QED) is 0.814. The van der Waals surface area contributed by atoms with Gasteiger partial charge >= 0.3 is 0 Å². The highest BCUT2D eigenvalue weighted by Crippen LogP contribution is 2.15. The summed E-state index contributed by atoms with van der Waals surface area (Å²) in [6.07, 6.45) is 0.391. The lowest BCUT2D eigenvalue weighted by Crippen LogP contribution is -2.37. The van der Waals surface area contributed by atoms with Crippen LogP contribution in [0.15, 0.2) is 54.6 Å². The predicted octanol–water partition coefficient (Wildman–Crippen LogP) is 3.67. The smallest absolute Gasteiger partial charge is 0.227 e. The Bertz CT molecular complexity index is 608. The van der Waals surface area contributed by atoms with Gasteiger partial charge < -0.3 is 9.64 Å². The zero-order valence-corrected chi connectivity index (χ0v) is 13.5. The van der Waals surface area contributed by atoms with Crippen LogP contribution in [-0.2, 0) is 17.8 Å². The van der Waals surface area contributed by atoms with E-state index in [1.807, 2.05) is 73.3 Å². The van der Waals surface area contributed by atoms with E-state index < -0.39 is 0 Å². The van der Waals surface area contributed by atoms with Crippen LogP contribution < -0.4 is 4.74 Å². The molecule has 0 fully saturated rings. The first-order valence-corrected chi connectivity index (χ1v) is 7.56. The van der Waals surface area contributed by atoms with Crippen LogP contribution in [0.5, 0.6) is 5.75 Å². The molecule has 0 bridgehead atoms. The zero-order valence-electron chi connectivity index (χ0n) is 13.5. The molecule has 0 saturated carbocycles. The van der Waals surface area contributed by atoms with Gasteiger partial charge in [-0.05, 0) is 37.1 Å². The number of nitrogens with zero attached hydrogens (tertiary/aromatic N) is 1. The maximum absolute atomic E-state index is 12.6. The second-order valence-corrected chi connectivity index (χ2v) is 5.63. The van der Waals surface area contributed by atoms with Gasteiger partial charge in [-0.2, -0.15) is 0 Å². The molecule has 0 atom stereocenters. The van der Waals surface area contributed by atoms with Gasteiger partial charge in [-0.15, -0.1) is 0 Å². The minimum atomic E-state index is 0.132. The van der Waals surface area contributed by atoms with E-state index in [0.29, 0.717) is 13.0 Å². The second kappa shape index (κ2) is 7.64. The molecule has 0 unspecified atom stereocenters. The van der Waals surface area contributed by atoms with Gasteiger partial charge in [0, 0.05) is 12.6 Å². The number of benzene rings is 2. The van der Waals surface area contributed by atoms with Crippen molar-refractivity contribution in [2.45, 2.75) is 32.9 Å².